The fourth-order valence-electron chi connectivity index (χ4n) is 1.94. The van der Waals surface area contributed by atoms with Crippen molar-refractivity contribution in [2.45, 2.75) is 6.92 Å². The molecule has 3 N–H and O–H groups in total. The van der Waals surface area contributed by atoms with Crippen LogP contribution in [0.1, 0.15) is 5.56 Å². The molecule has 0 aliphatic heterocycles. The number of halogens is 1. The highest BCUT2D eigenvalue weighted by molar-refractivity contribution is 6.32. The molecule has 17 heavy (non-hydrogen) atoms. The number of rotatable bonds is 1. The maximum atomic E-state index is 6.07. The van der Waals surface area contributed by atoms with Gasteiger partial charge in [0.2, 0.25) is 0 Å². The third-order valence-electron chi connectivity index (χ3n) is 2.84. The first-order chi connectivity index (χ1) is 8.16. The molecule has 86 valence electrons. The van der Waals surface area contributed by atoms with Gasteiger partial charge >= 0.3 is 0 Å². The first-order valence-corrected chi connectivity index (χ1v) is 5.53. The van der Waals surface area contributed by atoms with Crippen molar-refractivity contribution in [2.75, 3.05) is 5.73 Å². The van der Waals surface area contributed by atoms with Crippen molar-refractivity contribution < 1.29 is 4.52 Å². The van der Waals surface area contributed by atoms with E-state index in [0.717, 1.165) is 27.1 Å². The lowest BCUT2D eigenvalue weighted by molar-refractivity contribution is 0.436. The molecule has 0 radical (unpaired) electrons. The Labute approximate surface area is 102 Å². The Bertz CT molecular complexity index is 699. The highest BCUT2D eigenvalue weighted by atomic mass is 35.5. The van der Waals surface area contributed by atoms with E-state index in [2.05, 4.69) is 10.1 Å². The number of fused-ring (bicyclic) bond motifs is 1. The summed E-state index contributed by atoms with van der Waals surface area (Å²) in [5.41, 5.74) is 8.50. The minimum absolute atomic E-state index is 0.375. The molecule has 1 aromatic carbocycles. The number of nitrogens with two attached hydrogens (primary N) is 1. The highest BCUT2D eigenvalue weighted by Gasteiger charge is 2.12. The number of aryl methyl sites for hydroxylation is 1. The van der Waals surface area contributed by atoms with E-state index in [1.54, 1.807) is 6.07 Å². The number of H-pyrrole nitrogens is 1. The number of benzene rings is 1. The second-order valence-corrected chi connectivity index (χ2v) is 4.32. The number of nitrogens with one attached hydrogen (secondary N) is 1. The molecule has 0 bridgehead atoms. The van der Waals surface area contributed by atoms with E-state index in [1.807, 2.05) is 25.3 Å². The molecule has 2 aromatic heterocycles. The number of nitrogens with zero attached hydrogens (tertiary/aromatic N) is 1. The molecule has 0 fully saturated rings. The summed E-state index contributed by atoms with van der Waals surface area (Å²) >= 11 is 6.07. The Kier molecular flexibility index (Phi) is 2.12. The molecule has 0 saturated heterocycles. The molecule has 0 unspecified atom stereocenters. The van der Waals surface area contributed by atoms with Gasteiger partial charge in [-0.25, -0.2) is 0 Å². The number of anilines is 1. The quantitative estimate of drug-likeness (QED) is 0.693. The topological polar surface area (TPSA) is 67.8 Å². The van der Waals surface area contributed by atoms with Crippen molar-refractivity contribution in [3.8, 4) is 11.3 Å². The molecule has 5 heteroatoms. The third-order valence-corrected chi connectivity index (χ3v) is 3.25. The lowest BCUT2D eigenvalue weighted by atomic mass is 10.1. The molecular weight excluding hydrogens is 238 g/mol. The van der Waals surface area contributed by atoms with Crippen LogP contribution >= 0.6 is 11.6 Å². The summed E-state index contributed by atoms with van der Waals surface area (Å²) in [7, 11) is 0. The smallest absolute Gasteiger partial charge is 0.171 e. The molecule has 0 amide bonds. The summed E-state index contributed by atoms with van der Waals surface area (Å²) in [6.45, 7) is 1.97. The van der Waals surface area contributed by atoms with Crippen LogP contribution in [0.25, 0.3) is 22.2 Å². The number of aromatic nitrogens is 2. The van der Waals surface area contributed by atoms with Gasteiger partial charge in [-0.05, 0) is 18.6 Å². The summed E-state index contributed by atoms with van der Waals surface area (Å²) < 4.78 is 5.16. The highest BCUT2D eigenvalue weighted by Crippen LogP contribution is 2.33. The van der Waals surface area contributed by atoms with Crippen LogP contribution < -0.4 is 5.73 Å². The lowest BCUT2D eigenvalue weighted by Gasteiger charge is -1.99. The molecular formula is C12H10ClN3O. The molecule has 3 rings (SSSR count). The monoisotopic (exact) mass is 247 g/mol. The van der Waals surface area contributed by atoms with Gasteiger partial charge in [0.1, 0.15) is 0 Å². The van der Waals surface area contributed by atoms with Crippen molar-refractivity contribution in [3.05, 3.63) is 35.0 Å². The van der Waals surface area contributed by atoms with E-state index in [0.29, 0.717) is 11.6 Å². The zero-order valence-corrected chi connectivity index (χ0v) is 9.88. The van der Waals surface area contributed by atoms with E-state index < -0.39 is 0 Å². The zero-order valence-electron chi connectivity index (χ0n) is 9.12. The Morgan fingerprint density at radius 3 is 2.94 bits per heavy atom. The Morgan fingerprint density at radius 1 is 1.41 bits per heavy atom. The third kappa shape index (κ3) is 1.49. The van der Waals surface area contributed by atoms with Crippen LogP contribution in [0.3, 0.4) is 0 Å². The van der Waals surface area contributed by atoms with Crippen molar-refractivity contribution in [1.82, 2.24) is 10.1 Å². The number of hydrogen-bond donors (Lipinski definition) is 2. The van der Waals surface area contributed by atoms with Gasteiger partial charge in [0, 0.05) is 28.2 Å². The van der Waals surface area contributed by atoms with Gasteiger partial charge in [-0.2, -0.15) is 0 Å². The van der Waals surface area contributed by atoms with Gasteiger partial charge in [0.05, 0.1) is 5.52 Å². The second kappa shape index (κ2) is 3.53. The minimum Gasteiger partial charge on any atom is -0.381 e. The van der Waals surface area contributed by atoms with E-state index >= 15 is 0 Å². The first-order valence-electron chi connectivity index (χ1n) is 5.15. The Hall–Kier alpha value is -1.94. The molecule has 0 aliphatic carbocycles. The molecule has 4 nitrogen and oxygen atoms in total. The largest absolute Gasteiger partial charge is 0.381 e. The van der Waals surface area contributed by atoms with Crippen LogP contribution in [0.15, 0.2) is 28.9 Å². The normalized spacial score (nSPS) is 11.2. The maximum Gasteiger partial charge on any atom is 0.171 e. The van der Waals surface area contributed by atoms with Crippen molar-refractivity contribution in [1.29, 1.82) is 0 Å². The fraction of sp³-hybridized carbons (Fsp3) is 0.0833. The van der Waals surface area contributed by atoms with E-state index in [4.69, 9.17) is 21.9 Å². The number of nitrogen functional groups attached to an aromatic ring is 1. The van der Waals surface area contributed by atoms with Crippen molar-refractivity contribution >= 4 is 28.3 Å². The van der Waals surface area contributed by atoms with Crippen LogP contribution in [0, 0.1) is 6.92 Å². The molecule has 0 spiro atoms. The molecule has 0 aliphatic rings. The first kappa shape index (κ1) is 10.2. The van der Waals surface area contributed by atoms with E-state index in [9.17, 15) is 0 Å². The van der Waals surface area contributed by atoms with Crippen LogP contribution in [0.5, 0.6) is 0 Å². The maximum absolute atomic E-state index is 6.07. The van der Waals surface area contributed by atoms with E-state index in [-0.39, 0.29) is 0 Å². The number of hydrogen-bond acceptors (Lipinski definition) is 3. The Balaban J connectivity index is 2.29. The standard InChI is InChI=1S/C12H10ClN3O/c1-6-9(13)3-2-7-8(5-15-12(6)7)10-4-11(14)16-17-10/h2-5,15H,1H3,(H2,14,16). The van der Waals surface area contributed by atoms with Gasteiger partial charge in [-0.3, -0.25) is 0 Å². The van der Waals surface area contributed by atoms with Gasteiger partial charge in [-0.15, -0.1) is 0 Å². The average Bonchev–Trinajstić information content (AvgIpc) is 2.89. The van der Waals surface area contributed by atoms with Crippen LogP contribution in [0.2, 0.25) is 5.02 Å². The van der Waals surface area contributed by atoms with Crippen molar-refractivity contribution in [3.63, 3.8) is 0 Å². The molecule has 3 aromatic rings. The predicted octanol–water partition coefficient (Wildman–Crippen LogP) is 3.37. The Morgan fingerprint density at radius 2 is 2.24 bits per heavy atom. The summed E-state index contributed by atoms with van der Waals surface area (Å²) in [4.78, 5) is 3.19. The summed E-state index contributed by atoms with van der Waals surface area (Å²) in [6.07, 6.45) is 1.87. The molecule has 0 saturated carbocycles. The van der Waals surface area contributed by atoms with Crippen LogP contribution in [0.4, 0.5) is 5.82 Å². The van der Waals surface area contributed by atoms with Gasteiger partial charge in [0.25, 0.3) is 0 Å². The van der Waals surface area contributed by atoms with Crippen LogP contribution in [-0.2, 0) is 0 Å². The number of aromatic amines is 1. The van der Waals surface area contributed by atoms with Crippen molar-refractivity contribution in [2.24, 2.45) is 0 Å². The molecule has 2 heterocycles. The van der Waals surface area contributed by atoms with E-state index in [1.165, 1.54) is 0 Å². The van der Waals surface area contributed by atoms with Crippen LogP contribution in [-0.4, -0.2) is 10.1 Å². The fourth-order valence-corrected chi connectivity index (χ4v) is 2.10. The predicted molar refractivity (Wildman–Crippen MR) is 68.0 cm³/mol. The summed E-state index contributed by atoms with van der Waals surface area (Å²) in [5, 5.41) is 5.47. The second-order valence-electron chi connectivity index (χ2n) is 3.91. The van der Waals surface area contributed by atoms with Gasteiger partial charge in [0.15, 0.2) is 11.6 Å². The lowest BCUT2D eigenvalue weighted by Crippen LogP contribution is -1.80. The summed E-state index contributed by atoms with van der Waals surface area (Å²) in [6, 6.07) is 5.53. The zero-order chi connectivity index (χ0) is 12.0. The van der Waals surface area contributed by atoms with Gasteiger partial charge in [-0.1, -0.05) is 22.8 Å². The van der Waals surface area contributed by atoms with Gasteiger partial charge < -0.3 is 15.2 Å². The average molecular weight is 248 g/mol. The summed E-state index contributed by atoms with van der Waals surface area (Å²) in [5.74, 6) is 1.02. The SMILES string of the molecule is Cc1c(Cl)ccc2c(-c3cc(N)no3)c[nH]c12. The minimum atomic E-state index is 0.375. The molecule has 0 atom stereocenters.